The maximum Gasteiger partial charge on any atom is 0.396 e. The van der Waals surface area contributed by atoms with Crippen molar-refractivity contribution in [1.82, 2.24) is 14.5 Å². The fourth-order valence-electron chi connectivity index (χ4n) is 3.15. The van der Waals surface area contributed by atoms with Crippen LogP contribution in [-0.2, 0) is 4.79 Å². The van der Waals surface area contributed by atoms with Crippen molar-refractivity contribution in [3.05, 3.63) is 18.7 Å². The Bertz CT molecular complexity index is 535. The number of rotatable bonds is 5. The van der Waals surface area contributed by atoms with Crippen molar-refractivity contribution in [3.63, 3.8) is 0 Å². The topological polar surface area (TPSA) is 58.4 Å². The van der Waals surface area contributed by atoms with E-state index in [0.29, 0.717) is 6.42 Å². The second kappa shape index (κ2) is 7.13. The molecule has 1 aliphatic rings. The number of carbonyl (C=O) groups excluding carboxylic acids is 1. The smallest absolute Gasteiger partial charge is 0.395 e. The molecule has 0 saturated carbocycles. The first-order valence-corrected chi connectivity index (χ1v) is 8.14. The summed E-state index contributed by atoms with van der Waals surface area (Å²) in [6, 6.07) is -0.458. The highest BCUT2D eigenvalue weighted by atomic mass is 19.4. The van der Waals surface area contributed by atoms with E-state index in [1.807, 2.05) is 13.8 Å². The number of alkyl halides is 3. The lowest BCUT2D eigenvalue weighted by atomic mass is 9.78. The third-order valence-electron chi connectivity index (χ3n) is 4.80. The third kappa shape index (κ3) is 3.74. The standard InChI is InChI=1S/C16H24F3N3O2/c1-12(2)9-13(22-8-5-20-11-22)14(24)21-6-3-15(10-23,4-7-21)16(17,18)19/h5,8,11-13,23H,3-4,6-7,9-10H2,1-2H3. The van der Waals surface area contributed by atoms with Crippen molar-refractivity contribution in [1.29, 1.82) is 0 Å². The Labute approximate surface area is 139 Å². The van der Waals surface area contributed by atoms with Gasteiger partial charge in [0.05, 0.1) is 18.3 Å². The molecule has 2 rings (SSSR count). The lowest BCUT2D eigenvalue weighted by molar-refractivity contribution is -0.248. The van der Waals surface area contributed by atoms with Gasteiger partial charge in [-0.15, -0.1) is 0 Å². The van der Waals surface area contributed by atoms with Gasteiger partial charge in [-0.2, -0.15) is 13.2 Å². The Morgan fingerprint density at radius 2 is 1.96 bits per heavy atom. The van der Waals surface area contributed by atoms with Gasteiger partial charge in [-0.05, 0) is 25.2 Å². The van der Waals surface area contributed by atoms with Gasteiger partial charge in [0.2, 0.25) is 5.91 Å². The van der Waals surface area contributed by atoms with E-state index in [0.717, 1.165) is 0 Å². The van der Waals surface area contributed by atoms with Gasteiger partial charge < -0.3 is 14.6 Å². The second-order valence-corrected chi connectivity index (χ2v) is 6.92. The van der Waals surface area contributed by atoms with E-state index < -0.39 is 24.2 Å². The molecule has 5 nitrogen and oxygen atoms in total. The number of aromatic nitrogens is 2. The van der Waals surface area contributed by atoms with E-state index in [1.54, 1.807) is 23.3 Å². The summed E-state index contributed by atoms with van der Waals surface area (Å²) in [5.41, 5.74) is -2.09. The van der Waals surface area contributed by atoms with Crippen LogP contribution in [0.1, 0.15) is 39.2 Å². The maximum atomic E-state index is 13.2. The van der Waals surface area contributed by atoms with E-state index in [1.165, 1.54) is 4.90 Å². The first-order valence-electron chi connectivity index (χ1n) is 8.14. The number of piperidine rings is 1. The molecule has 2 heterocycles. The molecule has 1 aromatic heterocycles. The Morgan fingerprint density at radius 1 is 1.33 bits per heavy atom. The van der Waals surface area contributed by atoms with Crippen LogP contribution in [0.15, 0.2) is 18.7 Å². The number of amides is 1. The van der Waals surface area contributed by atoms with E-state index in [4.69, 9.17) is 0 Å². The third-order valence-corrected chi connectivity index (χ3v) is 4.80. The molecule has 8 heteroatoms. The number of hydrogen-bond acceptors (Lipinski definition) is 3. The van der Waals surface area contributed by atoms with E-state index in [2.05, 4.69) is 4.98 Å². The van der Waals surface area contributed by atoms with Crippen LogP contribution in [0.5, 0.6) is 0 Å². The van der Waals surface area contributed by atoms with E-state index in [-0.39, 0.29) is 37.8 Å². The summed E-state index contributed by atoms with van der Waals surface area (Å²) < 4.78 is 41.3. The first kappa shape index (κ1) is 18.8. The van der Waals surface area contributed by atoms with Crippen LogP contribution < -0.4 is 0 Å². The maximum absolute atomic E-state index is 13.2. The fraction of sp³-hybridized carbons (Fsp3) is 0.750. The number of aliphatic hydroxyl groups excluding tert-OH is 1. The van der Waals surface area contributed by atoms with Gasteiger partial charge in [-0.3, -0.25) is 4.79 Å². The van der Waals surface area contributed by atoms with Gasteiger partial charge in [0, 0.05) is 25.5 Å². The number of halogens is 3. The SMILES string of the molecule is CC(C)CC(C(=O)N1CCC(CO)(C(F)(F)F)CC1)n1ccnc1. The lowest BCUT2D eigenvalue weighted by Crippen LogP contribution is -2.52. The molecule has 1 amide bonds. The Morgan fingerprint density at radius 3 is 2.38 bits per heavy atom. The molecule has 0 aromatic carbocycles. The van der Waals surface area contributed by atoms with Crippen molar-refractivity contribution in [2.75, 3.05) is 19.7 Å². The van der Waals surface area contributed by atoms with Crippen LogP contribution >= 0.6 is 0 Å². The van der Waals surface area contributed by atoms with Crippen molar-refractivity contribution >= 4 is 5.91 Å². The molecule has 1 saturated heterocycles. The minimum atomic E-state index is -4.46. The summed E-state index contributed by atoms with van der Waals surface area (Å²) in [6.45, 7) is 3.06. The minimum Gasteiger partial charge on any atom is -0.395 e. The number of likely N-dealkylation sites (tertiary alicyclic amines) is 1. The molecule has 0 bridgehead atoms. The largest absolute Gasteiger partial charge is 0.396 e. The highest BCUT2D eigenvalue weighted by Gasteiger charge is 2.55. The van der Waals surface area contributed by atoms with Crippen LogP contribution in [0.25, 0.3) is 0 Å². The lowest BCUT2D eigenvalue weighted by Gasteiger charge is -2.42. The molecule has 136 valence electrons. The van der Waals surface area contributed by atoms with Crippen LogP contribution in [0.3, 0.4) is 0 Å². The molecule has 0 aliphatic carbocycles. The predicted octanol–water partition coefficient (Wildman–Crippen LogP) is 2.63. The number of nitrogens with zero attached hydrogens (tertiary/aromatic N) is 3. The van der Waals surface area contributed by atoms with Gasteiger partial charge in [-0.1, -0.05) is 13.8 Å². The first-order chi connectivity index (χ1) is 11.2. The van der Waals surface area contributed by atoms with Gasteiger partial charge in [-0.25, -0.2) is 4.98 Å². The number of hydrogen-bond donors (Lipinski definition) is 1. The molecule has 1 aliphatic heterocycles. The van der Waals surface area contributed by atoms with Crippen molar-refractivity contribution in [2.45, 2.75) is 45.3 Å². The normalized spacial score (nSPS) is 19.5. The Balaban J connectivity index is 2.10. The Hall–Kier alpha value is -1.57. The molecule has 0 radical (unpaired) electrons. The van der Waals surface area contributed by atoms with Crippen molar-refractivity contribution in [2.24, 2.45) is 11.3 Å². The average molecular weight is 347 g/mol. The summed E-state index contributed by atoms with van der Waals surface area (Å²) in [5.74, 6) is 0.0771. The minimum absolute atomic E-state index is 0.00218. The molecule has 1 N–H and O–H groups in total. The molecule has 1 unspecified atom stereocenters. The van der Waals surface area contributed by atoms with Crippen LogP contribution in [0.4, 0.5) is 13.2 Å². The fourth-order valence-corrected chi connectivity index (χ4v) is 3.15. The number of carbonyl (C=O) groups is 1. The zero-order chi connectivity index (χ0) is 18.0. The average Bonchev–Trinajstić information content (AvgIpc) is 3.05. The molecular formula is C16H24F3N3O2. The second-order valence-electron chi connectivity index (χ2n) is 6.92. The van der Waals surface area contributed by atoms with Gasteiger partial charge in [0.25, 0.3) is 0 Å². The summed E-state index contributed by atoms with van der Waals surface area (Å²) in [7, 11) is 0. The van der Waals surface area contributed by atoms with Crippen molar-refractivity contribution in [3.8, 4) is 0 Å². The molecular weight excluding hydrogens is 323 g/mol. The predicted molar refractivity (Wildman–Crippen MR) is 82.1 cm³/mol. The summed E-state index contributed by atoms with van der Waals surface area (Å²) in [5, 5.41) is 9.24. The summed E-state index contributed by atoms with van der Waals surface area (Å²) >= 11 is 0. The molecule has 1 fully saturated rings. The monoisotopic (exact) mass is 347 g/mol. The van der Waals surface area contributed by atoms with Crippen LogP contribution in [0, 0.1) is 11.3 Å². The number of imidazole rings is 1. The summed E-state index contributed by atoms with van der Waals surface area (Å²) in [4.78, 5) is 18.3. The zero-order valence-electron chi connectivity index (χ0n) is 14.0. The van der Waals surface area contributed by atoms with E-state index in [9.17, 15) is 23.1 Å². The van der Waals surface area contributed by atoms with Gasteiger partial charge in [0.1, 0.15) is 6.04 Å². The highest BCUT2D eigenvalue weighted by Crippen LogP contribution is 2.46. The molecule has 1 aromatic rings. The summed E-state index contributed by atoms with van der Waals surface area (Å²) in [6.07, 6.45) is 0.436. The quantitative estimate of drug-likeness (QED) is 0.891. The van der Waals surface area contributed by atoms with Gasteiger partial charge in [0.15, 0.2) is 0 Å². The molecule has 0 spiro atoms. The zero-order valence-corrected chi connectivity index (χ0v) is 14.0. The Kier molecular flexibility index (Phi) is 5.57. The molecule has 1 atom stereocenters. The molecule has 24 heavy (non-hydrogen) atoms. The van der Waals surface area contributed by atoms with Gasteiger partial charge >= 0.3 is 6.18 Å². The van der Waals surface area contributed by atoms with E-state index >= 15 is 0 Å². The van der Waals surface area contributed by atoms with Crippen LogP contribution in [-0.4, -0.2) is 51.3 Å². The highest BCUT2D eigenvalue weighted by molar-refractivity contribution is 5.80. The van der Waals surface area contributed by atoms with Crippen LogP contribution in [0.2, 0.25) is 0 Å². The van der Waals surface area contributed by atoms with Crippen molar-refractivity contribution < 1.29 is 23.1 Å². The number of aliphatic hydroxyl groups is 1.